The van der Waals surface area contributed by atoms with Crippen LogP contribution in [-0.4, -0.2) is 21.5 Å². The highest BCUT2D eigenvalue weighted by atomic mass is 79.9. The standard InChI is InChI=1S/C15H17BrN2O2S2/c16-14-7-8-15(21-14)22(19,20)17-11-12-3-5-13(6-4-12)18-9-1-2-10-18/h3-8,17H,1-2,9-11H2. The molecule has 0 spiro atoms. The van der Waals surface area contributed by atoms with Crippen molar-refractivity contribution >= 4 is 43.0 Å². The molecule has 1 saturated heterocycles. The summed E-state index contributed by atoms with van der Waals surface area (Å²) in [6.07, 6.45) is 2.50. The second-order valence-electron chi connectivity index (χ2n) is 5.24. The van der Waals surface area contributed by atoms with Crippen LogP contribution in [0.4, 0.5) is 5.69 Å². The van der Waals surface area contributed by atoms with E-state index in [1.807, 2.05) is 12.1 Å². The molecule has 118 valence electrons. The number of nitrogens with zero attached hydrogens (tertiary/aromatic N) is 1. The van der Waals surface area contributed by atoms with Crippen molar-refractivity contribution in [2.75, 3.05) is 18.0 Å². The van der Waals surface area contributed by atoms with Crippen LogP contribution < -0.4 is 9.62 Å². The second-order valence-corrected chi connectivity index (χ2v) is 9.70. The quantitative estimate of drug-likeness (QED) is 0.833. The maximum absolute atomic E-state index is 12.2. The van der Waals surface area contributed by atoms with Crippen molar-refractivity contribution in [3.8, 4) is 0 Å². The molecule has 0 bridgehead atoms. The summed E-state index contributed by atoms with van der Waals surface area (Å²) in [7, 11) is -3.44. The van der Waals surface area contributed by atoms with Gasteiger partial charge in [0.05, 0.1) is 3.79 Å². The monoisotopic (exact) mass is 400 g/mol. The molecule has 0 atom stereocenters. The van der Waals surface area contributed by atoms with Gasteiger partial charge < -0.3 is 4.90 Å². The Hall–Kier alpha value is -0.890. The summed E-state index contributed by atoms with van der Waals surface area (Å²) in [5.74, 6) is 0. The van der Waals surface area contributed by atoms with E-state index in [0.29, 0.717) is 10.8 Å². The Labute approximate surface area is 143 Å². The number of thiophene rings is 1. The Morgan fingerprint density at radius 3 is 2.36 bits per heavy atom. The molecule has 4 nitrogen and oxygen atoms in total. The second kappa shape index (κ2) is 6.70. The van der Waals surface area contributed by atoms with Gasteiger partial charge in [-0.2, -0.15) is 0 Å². The van der Waals surface area contributed by atoms with Crippen LogP contribution in [0.15, 0.2) is 44.4 Å². The number of rotatable bonds is 5. The van der Waals surface area contributed by atoms with Gasteiger partial charge >= 0.3 is 0 Å². The first-order valence-corrected chi connectivity index (χ1v) is 10.2. The number of halogens is 1. The Morgan fingerprint density at radius 1 is 1.09 bits per heavy atom. The smallest absolute Gasteiger partial charge is 0.250 e. The third-order valence-electron chi connectivity index (χ3n) is 3.69. The number of hydrogen-bond acceptors (Lipinski definition) is 4. The summed E-state index contributed by atoms with van der Waals surface area (Å²) < 4.78 is 28.1. The van der Waals surface area contributed by atoms with Crippen molar-refractivity contribution in [1.29, 1.82) is 0 Å². The molecule has 1 N–H and O–H groups in total. The number of sulfonamides is 1. The van der Waals surface area contributed by atoms with Crippen LogP contribution in [0.3, 0.4) is 0 Å². The van der Waals surface area contributed by atoms with Gasteiger partial charge in [0.2, 0.25) is 10.0 Å². The van der Waals surface area contributed by atoms with E-state index in [0.717, 1.165) is 22.4 Å². The highest BCUT2D eigenvalue weighted by molar-refractivity contribution is 9.11. The zero-order valence-corrected chi connectivity index (χ0v) is 15.2. The van der Waals surface area contributed by atoms with E-state index in [2.05, 4.69) is 37.7 Å². The zero-order valence-electron chi connectivity index (χ0n) is 12.0. The predicted octanol–water partition coefficient (Wildman–Crippen LogP) is 3.59. The van der Waals surface area contributed by atoms with Gasteiger partial charge in [0, 0.05) is 25.3 Å². The summed E-state index contributed by atoms with van der Waals surface area (Å²) in [4.78, 5) is 2.36. The van der Waals surface area contributed by atoms with E-state index < -0.39 is 10.0 Å². The Kier molecular flexibility index (Phi) is 4.87. The van der Waals surface area contributed by atoms with Gasteiger partial charge in [-0.1, -0.05) is 12.1 Å². The van der Waals surface area contributed by atoms with Crippen molar-refractivity contribution < 1.29 is 8.42 Å². The summed E-state index contributed by atoms with van der Waals surface area (Å²) >= 11 is 4.49. The van der Waals surface area contributed by atoms with E-state index in [1.165, 1.54) is 29.9 Å². The van der Waals surface area contributed by atoms with Gasteiger partial charge in [0.1, 0.15) is 4.21 Å². The van der Waals surface area contributed by atoms with E-state index in [9.17, 15) is 8.42 Å². The molecule has 0 radical (unpaired) electrons. The van der Waals surface area contributed by atoms with Crippen LogP contribution in [0.1, 0.15) is 18.4 Å². The van der Waals surface area contributed by atoms with Gasteiger partial charge in [0.15, 0.2) is 0 Å². The van der Waals surface area contributed by atoms with Crippen molar-refractivity contribution in [3.05, 3.63) is 45.7 Å². The van der Waals surface area contributed by atoms with Gasteiger partial charge in [0.25, 0.3) is 0 Å². The van der Waals surface area contributed by atoms with Gasteiger partial charge in [-0.25, -0.2) is 13.1 Å². The molecule has 1 fully saturated rings. The molecular formula is C15H17BrN2O2S2. The normalized spacial score (nSPS) is 15.4. The number of nitrogens with one attached hydrogen (secondary N) is 1. The lowest BCUT2D eigenvalue weighted by molar-refractivity contribution is 0.583. The predicted molar refractivity (Wildman–Crippen MR) is 93.9 cm³/mol. The lowest BCUT2D eigenvalue weighted by Gasteiger charge is -2.17. The molecule has 0 amide bonds. The van der Waals surface area contributed by atoms with Gasteiger partial charge in [-0.15, -0.1) is 11.3 Å². The van der Waals surface area contributed by atoms with Crippen LogP contribution in [0, 0.1) is 0 Å². The highest BCUT2D eigenvalue weighted by Crippen LogP contribution is 2.26. The topological polar surface area (TPSA) is 49.4 Å². The number of hydrogen-bond donors (Lipinski definition) is 1. The average molecular weight is 401 g/mol. The third kappa shape index (κ3) is 3.71. The molecule has 0 saturated carbocycles. The van der Waals surface area contributed by atoms with Crippen LogP contribution in [-0.2, 0) is 16.6 Å². The molecule has 0 unspecified atom stereocenters. The van der Waals surface area contributed by atoms with Crippen LogP contribution in [0.5, 0.6) is 0 Å². The molecular weight excluding hydrogens is 384 g/mol. The minimum atomic E-state index is -3.44. The largest absolute Gasteiger partial charge is 0.372 e. The maximum Gasteiger partial charge on any atom is 0.250 e. The summed E-state index contributed by atoms with van der Waals surface area (Å²) in [5, 5.41) is 0. The molecule has 2 heterocycles. The third-order valence-corrected chi connectivity index (χ3v) is 7.20. The molecule has 0 aliphatic carbocycles. The zero-order chi connectivity index (χ0) is 15.6. The fourth-order valence-electron chi connectivity index (χ4n) is 2.49. The molecule has 1 aliphatic heterocycles. The lowest BCUT2D eigenvalue weighted by Crippen LogP contribution is -2.22. The average Bonchev–Trinajstić information content (AvgIpc) is 3.17. The van der Waals surface area contributed by atoms with Crippen molar-refractivity contribution in [2.45, 2.75) is 23.6 Å². The van der Waals surface area contributed by atoms with Crippen molar-refractivity contribution in [3.63, 3.8) is 0 Å². The molecule has 3 rings (SSSR count). The molecule has 2 aromatic rings. The Bertz CT molecular complexity index is 735. The molecule has 7 heteroatoms. The molecule has 22 heavy (non-hydrogen) atoms. The summed E-state index contributed by atoms with van der Waals surface area (Å²) in [6, 6.07) is 11.5. The van der Waals surface area contributed by atoms with Gasteiger partial charge in [-0.05, 0) is 58.6 Å². The first-order chi connectivity index (χ1) is 10.5. The van der Waals surface area contributed by atoms with Crippen LogP contribution in [0.2, 0.25) is 0 Å². The summed E-state index contributed by atoms with van der Waals surface area (Å²) in [6.45, 7) is 2.52. The summed E-state index contributed by atoms with van der Waals surface area (Å²) in [5.41, 5.74) is 2.17. The van der Waals surface area contributed by atoms with Crippen molar-refractivity contribution in [1.82, 2.24) is 4.72 Å². The SMILES string of the molecule is O=S(=O)(NCc1ccc(N2CCCC2)cc1)c1ccc(Br)s1. The fraction of sp³-hybridized carbons (Fsp3) is 0.333. The van der Waals surface area contributed by atoms with Crippen LogP contribution in [0.25, 0.3) is 0 Å². The first-order valence-electron chi connectivity index (χ1n) is 7.13. The lowest BCUT2D eigenvalue weighted by atomic mass is 10.2. The van der Waals surface area contributed by atoms with Crippen molar-refractivity contribution in [2.24, 2.45) is 0 Å². The van der Waals surface area contributed by atoms with Gasteiger partial charge in [-0.3, -0.25) is 0 Å². The Balaban J connectivity index is 1.63. The van der Waals surface area contributed by atoms with E-state index in [1.54, 1.807) is 12.1 Å². The molecule has 1 aliphatic rings. The molecule has 1 aromatic carbocycles. The minimum Gasteiger partial charge on any atom is -0.372 e. The number of anilines is 1. The van der Waals surface area contributed by atoms with E-state index in [4.69, 9.17) is 0 Å². The minimum absolute atomic E-state index is 0.304. The maximum atomic E-state index is 12.2. The number of benzene rings is 1. The Morgan fingerprint density at radius 2 is 1.77 bits per heavy atom. The fourth-order valence-corrected chi connectivity index (χ4v) is 5.56. The molecule has 1 aromatic heterocycles. The van der Waals surface area contributed by atoms with E-state index in [-0.39, 0.29) is 0 Å². The van der Waals surface area contributed by atoms with E-state index >= 15 is 0 Å². The van der Waals surface area contributed by atoms with Crippen LogP contribution >= 0.6 is 27.3 Å². The highest BCUT2D eigenvalue weighted by Gasteiger charge is 2.16. The first kappa shape index (κ1) is 16.0.